The Morgan fingerprint density at radius 2 is 1.86 bits per heavy atom. The summed E-state index contributed by atoms with van der Waals surface area (Å²) in [7, 11) is -1.72. The lowest BCUT2D eigenvalue weighted by Gasteiger charge is -2.28. The molecule has 2 aromatic heterocycles. The van der Waals surface area contributed by atoms with Crippen molar-refractivity contribution < 1.29 is 13.6 Å². The van der Waals surface area contributed by atoms with E-state index in [1.807, 2.05) is 36.4 Å². The molecule has 0 aliphatic heterocycles. The minimum atomic E-state index is -3.21. The van der Waals surface area contributed by atoms with Gasteiger partial charge in [0.25, 0.3) is 0 Å². The molecule has 0 spiro atoms. The molecule has 1 aliphatic carbocycles. The second-order valence-corrected chi connectivity index (χ2v) is 10.0. The molecule has 1 atom stereocenters. The number of hydrogen-bond acceptors (Lipinski definition) is 4. The number of H-pyrrole nitrogens is 2. The summed E-state index contributed by atoms with van der Waals surface area (Å²) in [6.45, 7) is 0. The van der Waals surface area contributed by atoms with Gasteiger partial charge in [0.05, 0.1) is 16.9 Å². The smallest absolute Gasteiger partial charge is 0.381 e. The first kappa shape index (κ1) is 18.5. The Hall–Kier alpha value is -2.56. The summed E-state index contributed by atoms with van der Waals surface area (Å²) in [5.74, 6) is 0.548. The van der Waals surface area contributed by atoms with E-state index in [1.165, 1.54) is 13.5 Å². The summed E-state index contributed by atoms with van der Waals surface area (Å²) in [6, 6.07) is 15.8. The van der Waals surface area contributed by atoms with Crippen molar-refractivity contribution in [2.75, 3.05) is 7.11 Å². The topological polar surface area (TPSA) is 80.0 Å². The Kier molecular flexibility index (Phi) is 4.69. The molecule has 2 N–H and O–H groups in total. The Labute approximate surface area is 169 Å². The van der Waals surface area contributed by atoms with E-state index in [1.54, 1.807) is 0 Å². The molecule has 1 saturated carbocycles. The molecular weight excluding hydrogens is 385 g/mol. The standard InChI is InChI=1S/C22H24N3O3P/c1-27-29(26,17-8-3-2-4-9-17)28-16-11-12-20-18(14-16)22(25-24-20)21-13-15-7-5-6-10-19(15)23-21/h5-7,10-14,17,23H,2-4,8-9H2,1H3,(H,24,25). The number of benzene rings is 2. The highest BCUT2D eigenvalue weighted by atomic mass is 31.2. The minimum Gasteiger partial charge on any atom is -0.424 e. The van der Waals surface area contributed by atoms with Crippen LogP contribution in [0, 0.1) is 0 Å². The van der Waals surface area contributed by atoms with E-state index in [2.05, 4.69) is 27.3 Å². The van der Waals surface area contributed by atoms with Gasteiger partial charge in [0.15, 0.2) is 0 Å². The van der Waals surface area contributed by atoms with Crippen molar-refractivity contribution >= 4 is 29.4 Å². The van der Waals surface area contributed by atoms with E-state index in [9.17, 15) is 4.57 Å². The monoisotopic (exact) mass is 409 g/mol. The predicted molar refractivity (Wildman–Crippen MR) is 116 cm³/mol. The molecule has 6 nitrogen and oxygen atoms in total. The van der Waals surface area contributed by atoms with Gasteiger partial charge in [-0.05, 0) is 43.2 Å². The number of hydrogen-bond donors (Lipinski definition) is 2. The van der Waals surface area contributed by atoms with Crippen molar-refractivity contribution in [2.24, 2.45) is 0 Å². The third-order valence-corrected chi connectivity index (χ3v) is 8.21. The first-order valence-electron chi connectivity index (χ1n) is 10.1. The van der Waals surface area contributed by atoms with Crippen molar-refractivity contribution in [3.8, 4) is 17.1 Å². The van der Waals surface area contributed by atoms with Gasteiger partial charge in [-0.3, -0.25) is 5.10 Å². The van der Waals surface area contributed by atoms with Crippen LogP contribution in [0.5, 0.6) is 5.75 Å². The molecule has 0 saturated heterocycles. The Morgan fingerprint density at radius 1 is 1.03 bits per heavy atom. The van der Waals surface area contributed by atoms with Gasteiger partial charge in [-0.15, -0.1) is 0 Å². The summed E-state index contributed by atoms with van der Waals surface area (Å²) in [5, 5.41) is 9.62. The van der Waals surface area contributed by atoms with Crippen LogP contribution in [-0.4, -0.2) is 28.0 Å². The molecule has 0 bridgehead atoms. The Bertz CT molecular complexity index is 1170. The summed E-state index contributed by atoms with van der Waals surface area (Å²) in [6.07, 6.45) is 5.12. The number of para-hydroxylation sites is 1. The number of rotatable bonds is 5. The van der Waals surface area contributed by atoms with Crippen LogP contribution in [0.2, 0.25) is 0 Å². The zero-order valence-corrected chi connectivity index (χ0v) is 17.2. The highest BCUT2D eigenvalue weighted by Gasteiger charge is 2.37. The van der Waals surface area contributed by atoms with Gasteiger partial charge in [-0.25, -0.2) is 4.57 Å². The lowest BCUT2D eigenvalue weighted by molar-refractivity contribution is 0.297. The van der Waals surface area contributed by atoms with Crippen molar-refractivity contribution in [3.63, 3.8) is 0 Å². The van der Waals surface area contributed by atoms with Crippen molar-refractivity contribution in [3.05, 3.63) is 48.5 Å². The fourth-order valence-electron chi connectivity index (χ4n) is 4.26. The lowest BCUT2D eigenvalue weighted by atomic mass is 10.0. The number of aromatic amines is 2. The average molecular weight is 409 g/mol. The predicted octanol–water partition coefficient (Wildman–Crippen LogP) is 6.26. The van der Waals surface area contributed by atoms with Gasteiger partial charge in [0.1, 0.15) is 11.4 Å². The second-order valence-electron chi connectivity index (χ2n) is 7.66. The largest absolute Gasteiger partial charge is 0.424 e. The third kappa shape index (κ3) is 3.37. The average Bonchev–Trinajstić information content (AvgIpc) is 3.37. The molecule has 5 rings (SSSR count). The molecule has 1 unspecified atom stereocenters. The van der Waals surface area contributed by atoms with Gasteiger partial charge in [0, 0.05) is 23.4 Å². The summed E-state index contributed by atoms with van der Waals surface area (Å²) >= 11 is 0. The Morgan fingerprint density at radius 3 is 2.66 bits per heavy atom. The van der Waals surface area contributed by atoms with Gasteiger partial charge in [-0.1, -0.05) is 37.5 Å². The normalized spacial score (nSPS) is 17.6. The molecule has 2 heterocycles. The van der Waals surface area contributed by atoms with Crippen LogP contribution in [0.15, 0.2) is 48.5 Å². The molecule has 2 aromatic carbocycles. The molecule has 29 heavy (non-hydrogen) atoms. The van der Waals surface area contributed by atoms with Crippen LogP contribution in [-0.2, 0) is 9.09 Å². The summed E-state index contributed by atoms with van der Waals surface area (Å²) in [4.78, 5) is 3.42. The third-order valence-electron chi connectivity index (χ3n) is 5.83. The zero-order chi connectivity index (χ0) is 19.8. The molecule has 7 heteroatoms. The number of aromatic nitrogens is 3. The molecule has 0 radical (unpaired) electrons. The minimum absolute atomic E-state index is 0.0329. The SMILES string of the molecule is COP(=O)(Oc1ccc2[nH]nc(-c3cc4ccccc4[nH]3)c2c1)C1CCCCC1. The molecule has 4 aromatic rings. The lowest BCUT2D eigenvalue weighted by Crippen LogP contribution is -2.17. The second kappa shape index (κ2) is 7.36. The Balaban J connectivity index is 1.51. The number of fused-ring (bicyclic) bond motifs is 2. The van der Waals surface area contributed by atoms with E-state index in [0.717, 1.165) is 58.9 Å². The van der Waals surface area contributed by atoms with Gasteiger partial charge < -0.3 is 14.0 Å². The van der Waals surface area contributed by atoms with Crippen LogP contribution in [0.25, 0.3) is 33.2 Å². The molecule has 1 fully saturated rings. The van der Waals surface area contributed by atoms with Gasteiger partial charge in [-0.2, -0.15) is 5.10 Å². The van der Waals surface area contributed by atoms with E-state index >= 15 is 0 Å². The van der Waals surface area contributed by atoms with E-state index in [0.29, 0.717) is 5.75 Å². The summed E-state index contributed by atoms with van der Waals surface area (Å²) < 4.78 is 24.8. The molecule has 150 valence electrons. The van der Waals surface area contributed by atoms with Crippen LogP contribution >= 0.6 is 7.60 Å². The van der Waals surface area contributed by atoms with E-state index < -0.39 is 7.60 Å². The van der Waals surface area contributed by atoms with Crippen molar-refractivity contribution in [2.45, 2.75) is 37.8 Å². The maximum absolute atomic E-state index is 13.4. The van der Waals surface area contributed by atoms with Crippen LogP contribution in [0.4, 0.5) is 0 Å². The maximum Gasteiger partial charge on any atom is 0.381 e. The quantitative estimate of drug-likeness (QED) is 0.381. The highest BCUT2D eigenvalue weighted by Crippen LogP contribution is 2.56. The van der Waals surface area contributed by atoms with Crippen LogP contribution in [0.3, 0.4) is 0 Å². The first-order valence-corrected chi connectivity index (χ1v) is 11.7. The zero-order valence-electron chi connectivity index (χ0n) is 16.4. The summed E-state index contributed by atoms with van der Waals surface area (Å²) in [5.41, 5.74) is 3.67. The molecular formula is C22H24N3O3P. The number of nitrogens with one attached hydrogen (secondary N) is 2. The van der Waals surface area contributed by atoms with Crippen LogP contribution in [0.1, 0.15) is 32.1 Å². The van der Waals surface area contributed by atoms with Gasteiger partial charge >= 0.3 is 7.60 Å². The maximum atomic E-state index is 13.4. The van der Waals surface area contributed by atoms with E-state index in [4.69, 9.17) is 9.05 Å². The van der Waals surface area contributed by atoms with E-state index in [-0.39, 0.29) is 5.66 Å². The number of nitrogens with zero attached hydrogens (tertiary/aromatic N) is 1. The van der Waals surface area contributed by atoms with Crippen molar-refractivity contribution in [1.82, 2.24) is 15.2 Å². The fraction of sp³-hybridized carbons (Fsp3) is 0.318. The fourth-order valence-corrected chi connectivity index (χ4v) is 6.19. The van der Waals surface area contributed by atoms with Gasteiger partial charge in [0.2, 0.25) is 0 Å². The molecule has 1 aliphatic rings. The highest BCUT2D eigenvalue weighted by molar-refractivity contribution is 7.55. The first-order chi connectivity index (χ1) is 14.2. The van der Waals surface area contributed by atoms with Crippen LogP contribution < -0.4 is 4.52 Å². The molecule has 0 amide bonds. The van der Waals surface area contributed by atoms with Crippen molar-refractivity contribution in [1.29, 1.82) is 0 Å².